The van der Waals surface area contributed by atoms with Crippen LogP contribution < -0.4 is 5.32 Å². The van der Waals surface area contributed by atoms with E-state index in [0.29, 0.717) is 61.6 Å². The van der Waals surface area contributed by atoms with Crippen LogP contribution in [0.2, 0.25) is 5.02 Å². The lowest BCUT2D eigenvalue weighted by Crippen LogP contribution is -2.48. The Hall–Kier alpha value is -4.08. The van der Waals surface area contributed by atoms with Gasteiger partial charge >= 0.3 is 12.2 Å². The number of carbonyl (C=O) groups is 3. The molecule has 0 bridgehead atoms. The van der Waals surface area contributed by atoms with Crippen molar-refractivity contribution < 1.29 is 29.0 Å². The number of ether oxygens (including phenoxy) is 2. The molecule has 49 heavy (non-hydrogen) atoms. The van der Waals surface area contributed by atoms with Gasteiger partial charge in [-0.05, 0) is 93.3 Å². The molecule has 4 rings (SSSR count). The summed E-state index contributed by atoms with van der Waals surface area (Å²) in [7, 11) is 3.00. The number of nitrogens with zero attached hydrogens (tertiary/aromatic N) is 2. The number of hydrogen-bond donors (Lipinski definition) is 2. The Bertz CT molecular complexity index is 1600. The van der Waals surface area contributed by atoms with Crippen molar-refractivity contribution in [1.82, 2.24) is 15.1 Å². The van der Waals surface area contributed by atoms with Crippen LogP contribution in [0.3, 0.4) is 0 Å². The largest absolute Gasteiger partial charge is 0.453 e. The Balaban J connectivity index is 1.59. The van der Waals surface area contributed by atoms with Gasteiger partial charge < -0.3 is 29.7 Å². The maximum atomic E-state index is 13.9. The third-order valence-electron chi connectivity index (χ3n) is 9.00. The van der Waals surface area contributed by atoms with E-state index in [1.54, 1.807) is 19.2 Å². The van der Waals surface area contributed by atoms with Gasteiger partial charge in [0.15, 0.2) is 0 Å². The Labute approximate surface area is 295 Å². The van der Waals surface area contributed by atoms with Crippen LogP contribution in [-0.2, 0) is 28.0 Å². The predicted octanol–water partition coefficient (Wildman–Crippen LogP) is 7.81. The Morgan fingerprint density at radius 2 is 1.76 bits per heavy atom. The highest BCUT2D eigenvalue weighted by Gasteiger charge is 2.43. The molecule has 0 spiro atoms. The van der Waals surface area contributed by atoms with Crippen LogP contribution in [0.5, 0.6) is 0 Å². The minimum absolute atomic E-state index is 0.117. The highest BCUT2D eigenvalue weighted by molar-refractivity contribution is 6.33. The summed E-state index contributed by atoms with van der Waals surface area (Å²) in [5.74, 6) is -0.412. The first-order valence-electron chi connectivity index (χ1n) is 17.0. The SMILES string of the molecule is CCc1cccc(-c2c(Cl)cccc2[C@](O)(CCCNC(=O)OC)[C@@H]2CCCN(C(=O)c3ccc(CN(C)C(=O)OC(C)(C)C)cc3)C2)c1. The van der Waals surface area contributed by atoms with Crippen LogP contribution in [0.1, 0.15) is 80.4 Å². The lowest BCUT2D eigenvalue weighted by Gasteiger charge is -2.44. The zero-order chi connectivity index (χ0) is 35.8. The van der Waals surface area contributed by atoms with Crippen LogP contribution in [0.4, 0.5) is 9.59 Å². The van der Waals surface area contributed by atoms with E-state index in [4.69, 9.17) is 21.1 Å². The van der Waals surface area contributed by atoms with Gasteiger partial charge in [0.1, 0.15) is 5.60 Å². The molecule has 3 aromatic rings. The summed E-state index contributed by atoms with van der Waals surface area (Å²) in [6, 6.07) is 21.1. The molecule has 1 saturated heterocycles. The molecule has 0 saturated carbocycles. The molecule has 1 fully saturated rings. The van der Waals surface area contributed by atoms with Crippen molar-refractivity contribution in [1.29, 1.82) is 0 Å². The Kier molecular flexibility index (Phi) is 12.7. The number of methoxy groups -OCH3 is 1. The fourth-order valence-corrected chi connectivity index (χ4v) is 6.75. The number of carbonyl (C=O) groups excluding carboxylic acids is 3. The van der Waals surface area contributed by atoms with Gasteiger partial charge in [-0.3, -0.25) is 4.79 Å². The normalized spacial score (nSPS) is 16.0. The topological polar surface area (TPSA) is 108 Å². The van der Waals surface area contributed by atoms with Gasteiger partial charge in [-0.25, -0.2) is 9.59 Å². The van der Waals surface area contributed by atoms with Crippen LogP contribution in [0, 0.1) is 5.92 Å². The molecular formula is C39H50ClN3O6. The molecule has 3 amide bonds. The third-order valence-corrected chi connectivity index (χ3v) is 9.32. The number of halogens is 1. The third kappa shape index (κ3) is 9.76. The molecule has 10 heteroatoms. The molecule has 2 atom stereocenters. The fourth-order valence-electron chi connectivity index (χ4n) is 6.47. The van der Waals surface area contributed by atoms with Gasteiger partial charge in [0.05, 0.1) is 12.7 Å². The van der Waals surface area contributed by atoms with Crippen molar-refractivity contribution in [3.8, 4) is 11.1 Å². The van der Waals surface area contributed by atoms with Gasteiger partial charge in [-0.2, -0.15) is 0 Å². The molecule has 1 aliphatic rings. The standard InChI is InChI=1S/C39H50ClN3O6/c1-7-27-12-8-13-30(24-27)34-32(15-9-16-33(34)40)39(47,21-11-22-41-36(45)48-6)31-14-10-23-43(26-31)35(44)29-19-17-28(18-20-29)25-42(5)37(46)49-38(2,3)4/h8-9,12-13,15-20,24,31,47H,7,10-11,14,21-23,25-26H2,1-6H3,(H,41,45)/t31-,39+/m1/s1. The van der Waals surface area contributed by atoms with E-state index in [9.17, 15) is 19.5 Å². The van der Waals surface area contributed by atoms with Crippen LogP contribution in [0.25, 0.3) is 11.1 Å². The molecule has 1 aliphatic heterocycles. The molecule has 0 unspecified atom stereocenters. The summed E-state index contributed by atoms with van der Waals surface area (Å²) in [6.45, 7) is 9.16. The lowest BCUT2D eigenvalue weighted by atomic mass is 9.72. The number of benzene rings is 3. The van der Waals surface area contributed by atoms with Crippen molar-refractivity contribution in [2.45, 2.75) is 77.5 Å². The number of piperidine rings is 1. The van der Waals surface area contributed by atoms with Crippen molar-refractivity contribution in [3.63, 3.8) is 0 Å². The minimum atomic E-state index is -1.35. The molecule has 0 aliphatic carbocycles. The summed E-state index contributed by atoms with van der Waals surface area (Å²) >= 11 is 6.90. The fraction of sp³-hybridized carbons (Fsp3) is 0.462. The molecule has 0 aromatic heterocycles. The van der Waals surface area contributed by atoms with Crippen molar-refractivity contribution in [2.24, 2.45) is 5.92 Å². The highest BCUT2D eigenvalue weighted by Crippen LogP contribution is 2.45. The second kappa shape index (κ2) is 16.5. The number of likely N-dealkylation sites (tertiary alicyclic amines) is 1. The second-order valence-electron chi connectivity index (χ2n) is 13.8. The number of aliphatic hydroxyl groups is 1. The molecule has 0 radical (unpaired) electrons. The number of alkyl carbamates (subject to hydrolysis) is 1. The zero-order valence-electron chi connectivity index (χ0n) is 29.6. The van der Waals surface area contributed by atoms with Crippen LogP contribution >= 0.6 is 11.6 Å². The number of aryl methyl sites for hydroxylation is 1. The molecule has 9 nitrogen and oxygen atoms in total. The van der Waals surface area contributed by atoms with Crippen LogP contribution in [-0.4, -0.2) is 72.4 Å². The average molecular weight is 692 g/mol. The van der Waals surface area contributed by atoms with E-state index in [-0.39, 0.29) is 11.8 Å². The maximum absolute atomic E-state index is 13.9. The van der Waals surface area contributed by atoms with Crippen molar-refractivity contribution in [3.05, 3.63) is 94.0 Å². The van der Waals surface area contributed by atoms with E-state index >= 15 is 0 Å². The van der Waals surface area contributed by atoms with Gasteiger partial charge in [0, 0.05) is 55.3 Å². The van der Waals surface area contributed by atoms with Crippen LogP contribution in [0.15, 0.2) is 66.7 Å². The molecule has 2 N–H and O–H groups in total. The lowest BCUT2D eigenvalue weighted by molar-refractivity contribution is -0.0563. The maximum Gasteiger partial charge on any atom is 0.410 e. The van der Waals surface area contributed by atoms with Gasteiger partial charge in [0.2, 0.25) is 0 Å². The number of amides is 3. The molecule has 3 aromatic carbocycles. The molecule has 264 valence electrons. The first kappa shape index (κ1) is 37.7. The van der Waals surface area contributed by atoms with E-state index in [2.05, 4.69) is 24.4 Å². The van der Waals surface area contributed by atoms with E-state index in [0.717, 1.165) is 35.1 Å². The Morgan fingerprint density at radius 3 is 2.43 bits per heavy atom. The first-order valence-corrected chi connectivity index (χ1v) is 17.4. The summed E-state index contributed by atoms with van der Waals surface area (Å²) in [5, 5.41) is 16.1. The van der Waals surface area contributed by atoms with E-state index in [1.807, 2.05) is 68.1 Å². The zero-order valence-corrected chi connectivity index (χ0v) is 30.3. The number of rotatable bonds is 11. The predicted molar refractivity (Wildman–Crippen MR) is 193 cm³/mol. The van der Waals surface area contributed by atoms with Gasteiger partial charge in [-0.15, -0.1) is 0 Å². The van der Waals surface area contributed by atoms with Crippen molar-refractivity contribution in [2.75, 3.05) is 33.8 Å². The highest BCUT2D eigenvalue weighted by atomic mass is 35.5. The number of nitrogens with one attached hydrogen (secondary N) is 1. The van der Waals surface area contributed by atoms with Gasteiger partial charge in [-0.1, -0.05) is 67.1 Å². The van der Waals surface area contributed by atoms with E-state index in [1.165, 1.54) is 12.0 Å². The first-order chi connectivity index (χ1) is 23.3. The summed E-state index contributed by atoms with van der Waals surface area (Å²) in [4.78, 5) is 41.4. The minimum Gasteiger partial charge on any atom is -0.453 e. The molecule has 1 heterocycles. The number of hydrogen-bond acceptors (Lipinski definition) is 6. The summed E-state index contributed by atoms with van der Waals surface area (Å²) < 4.78 is 10.2. The second-order valence-corrected chi connectivity index (χ2v) is 14.2. The van der Waals surface area contributed by atoms with E-state index < -0.39 is 23.4 Å². The molecular weight excluding hydrogens is 642 g/mol. The summed E-state index contributed by atoms with van der Waals surface area (Å²) in [5.41, 5.74) is 3.04. The smallest absolute Gasteiger partial charge is 0.410 e. The van der Waals surface area contributed by atoms with Gasteiger partial charge in [0.25, 0.3) is 5.91 Å². The summed E-state index contributed by atoms with van der Waals surface area (Å²) in [6.07, 6.45) is 2.17. The quantitative estimate of drug-likeness (QED) is 0.199. The van der Waals surface area contributed by atoms with Crippen molar-refractivity contribution >= 4 is 29.7 Å². The monoisotopic (exact) mass is 691 g/mol. The Morgan fingerprint density at radius 1 is 1.04 bits per heavy atom. The average Bonchev–Trinajstić information content (AvgIpc) is 3.09.